The Morgan fingerprint density at radius 1 is 0.778 bits per heavy atom. The second-order valence-corrected chi connectivity index (χ2v) is 4.24. The van der Waals surface area contributed by atoms with Crippen molar-refractivity contribution in [1.82, 2.24) is 0 Å². The summed E-state index contributed by atoms with van der Waals surface area (Å²) in [7, 11) is 4.01. The van der Waals surface area contributed by atoms with Gasteiger partial charge in [-0.15, -0.1) is 4.48 Å². The zero-order valence-electron chi connectivity index (χ0n) is 10.4. The number of hydrogen-bond acceptors (Lipinski definition) is 3. The Bertz CT molecular complexity index is 491. The number of nitrogens with one attached hydrogen (secondary N) is 2. The zero-order valence-corrected chi connectivity index (χ0v) is 10.4. The van der Waals surface area contributed by atoms with Crippen LogP contribution in [-0.4, -0.2) is 14.1 Å². The molecule has 0 saturated heterocycles. The van der Waals surface area contributed by atoms with Crippen LogP contribution in [0.15, 0.2) is 48.5 Å². The number of hydrogen-bond donors (Lipinski definition) is 2. The molecule has 0 fully saturated rings. The monoisotopic (exact) mass is 245 g/mol. The molecule has 0 aromatic heterocycles. The molecule has 2 N–H and O–H groups in total. The second-order valence-electron chi connectivity index (χ2n) is 4.24. The van der Waals surface area contributed by atoms with Crippen molar-refractivity contribution in [3.05, 3.63) is 48.5 Å². The summed E-state index contributed by atoms with van der Waals surface area (Å²) >= 11 is 0. The van der Waals surface area contributed by atoms with E-state index in [0.717, 1.165) is 17.1 Å². The molecule has 0 aliphatic carbocycles. The number of rotatable bonds is 4. The van der Waals surface area contributed by atoms with Crippen LogP contribution in [0.4, 0.5) is 27.2 Å². The minimum absolute atomic E-state index is 0.448. The van der Waals surface area contributed by atoms with E-state index in [9.17, 15) is 4.48 Å². The third-order valence-corrected chi connectivity index (χ3v) is 2.67. The van der Waals surface area contributed by atoms with Crippen LogP contribution in [0.2, 0.25) is 0 Å². The molecule has 0 heterocycles. The molecule has 0 radical (unpaired) electrons. The molecule has 2 aromatic carbocycles. The van der Waals surface area contributed by atoms with Gasteiger partial charge in [-0.05, 0) is 48.5 Å². The molecule has 94 valence electrons. The van der Waals surface area contributed by atoms with E-state index in [1.165, 1.54) is 0 Å². The number of benzene rings is 2. The maximum absolute atomic E-state index is 12.1. The second kappa shape index (κ2) is 5.40. The smallest absolute Gasteiger partial charge is 0.0657 e. The molecule has 0 amide bonds. The molecule has 18 heavy (non-hydrogen) atoms. The molecule has 0 bridgehead atoms. The number of anilines is 4. The van der Waals surface area contributed by atoms with Gasteiger partial charge in [0.2, 0.25) is 0 Å². The predicted molar refractivity (Wildman–Crippen MR) is 75.2 cm³/mol. The van der Waals surface area contributed by atoms with Crippen LogP contribution in [0.25, 0.3) is 0 Å². The Kier molecular flexibility index (Phi) is 3.67. The predicted octanol–water partition coefficient (Wildman–Crippen LogP) is 3.79. The third-order valence-electron chi connectivity index (χ3n) is 2.67. The molecule has 4 heteroatoms. The lowest BCUT2D eigenvalue weighted by Crippen LogP contribution is -2.08. The lowest BCUT2D eigenvalue weighted by molar-refractivity contribution is 0.618. The van der Waals surface area contributed by atoms with Gasteiger partial charge >= 0.3 is 0 Å². The summed E-state index contributed by atoms with van der Waals surface area (Å²) in [5.74, 6) is 0. The maximum atomic E-state index is 12.1. The highest BCUT2D eigenvalue weighted by Crippen LogP contribution is 2.21. The number of halogens is 1. The van der Waals surface area contributed by atoms with Crippen molar-refractivity contribution >= 4 is 22.7 Å². The van der Waals surface area contributed by atoms with Gasteiger partial charge in [-0.3, -0.25) is 0 Å². The first kappa shape index (κ1) is 12.2. The summed E-state index contributed by atoms with van der Waals surface area (Å²) in [5.41, 5.74) is 5.13. The SMILES string of the molecule is CN(C)c1ccc(Nc2ccc(NF)cc2)cc1. The highest BCUT2D eigenvalue weighted by atomic mass is 19.2. The molecule has 2 aromatic rings. The van der Waals surface area contributed by atoms with Crippen LogP contribution in [-0.2, 0) is 0 Å². The van der Waals surface area contributed by atoms with Crippen molar-refractivity contribution in [3.63, 3.8) is 0 Å². The van der Waals surface area contributed by atoms with Crippen LogP contribution in [0.1, 0.15) is 0 Å². The normalized spacial score (nSPS) is 9.94. The minimum Gasteiger partial charge on any atom is -0.378 e. The van der Waals surface area contributed by atoms with Crippen LogP contribution in [0, 0.1) is 0 Å². The van der Waals surface area contributed by atoms with Crippen molar-refractivity contribution < 1.29 is 4.48 Å². The number of nitrogens with zero attached hydrogens (tertiary/aromatic N) is 1. The van der Waals surface area contributed by atoms with Gasteiger partial charge in [0, 0.05) is 31.2 Å². The van der Waals surface area contributed by atoms with Gasteiger partial charge in [-0.1, -0.05) is 0 Å². The van der Waals surface area contributed by atoms with Crippen molar-refractivity contribution in [1.29, 1.82) is 0 Å². The largest absolute Gasteiger partial charge is 0.378 e. The highest BCUT2D eigenvalue weighted by molar-refractivity contribution is 5.64. The van der Waals surface area contributed by atoms with Gasteiger partial charge in [0.15, 0.2) is 0 Å². The Labute approximate surface area is 106 Å². The fraction of sp³-hybridized carbons (Fsp3) is 0.143. The third kappa shape index (κ3) is 2.91. The molecule has 0 atom stereocenters. The van der Waals surface area contributed by atoms with Crippen molar-refractivity contribution in [2.24, 2.45) is 0 Å². The molecule has 0 aliphatic rings. The van der Waals surface area contributed by atoms with Crippen LogP contribution in [0.3, 0.4) is 0 Å². The van der Waals surface area contributed by atoms with E-state index in [2.05, 4.69) is 5.32 Å². The summed E-state index contributed by atoms with van der Waals surface area (Å²) in [4.78, 5) is 2.05. The van der Waals surface area contributed by atoms with Gasteiger partial charge in [-0.2, -0.15) is 0 Å². The van der Waals surface area contributed by atoms with Gasteiger partial charge in [0.05, 0.1) is 5.69 Å². The molecule has 0 aliphatic heterocycles. The molecule has 0 spiro atoms. The molecular weight excluding hydrogens is 229 g/mol. The van der Waals surface area contributed by atoms with Gasteiger partial charge < -0.3 is 10.2 Å². The van der Waals surface area contributed by atoms with E-state index < -0.39 is 0 Å². The van der Waals surface area contributed by atoms with Crippen molar-refractivity contribution in [2.45, 2.75) is 0 Å². The molecular formula is C14H16FN3. The lowest BCUT2D eigenvalue weighted by Gasteiger charge is -2.13. The minimum atomic E-state index is 0.448. The van der Waals surface area contributed by atoms with E-state index in [1.807, 2.05) is 55.4 Å². The Morgan fingerprint density at radius 2 is 1.22 bits per heavy atom. The standard InChI is InChI=1S/C14H16FN3/c1-18(2)14-9-7-12(8-10-14)16-11-3-5-13(17-15)6-4-11/h3-10,16-17H,1-2H3. The topological polar surface area (TPSA) is 27.3 Å². The lowest BCUT2D eigenvalue weighted by atomic mass is 10.2. The first-order valence-corrected chi connectivity index (χ1v) is 5.70. The Morgan fingerprint density at radius 3 is 1.67 bits per heavy atom. The molecule has 2 rings (SSSR count). The fourth-order valence-corrected chi connectivity index (χ4v) is 1.63. The van der Waals surface area contributed by atoms with E-state index in [0.29, 0.717) is 5.69 Å². The zero-order chi connectivity index (χ0) is 13.0. The van der Waals surface area contributed by atoms with Crippen LogP contribution >= 0.6 is 0 Å². The van der Waals surface area contributed by atoms with Gasteiger partial charge in [0.1, 0.15) is 0 Å². The highest BCUT2D eigenvalue weighted by Gasteiger charge is 1.97. The maximum Gasteiger partial charge on any atom is 0.0657 e. The van der Waals surface area contributed by atoms with Crippen molar-refractivity contribution in [3.8, 4) is 0 Å². The summed E-state index contributed by atoms with van der Waals surface area (Å²) in [5, 5.41) is 3.25. The average molecular weight is 245 g/mol. The van der Waals surface area contributed by atoms with Crippen LogP contribution < -0.4 is 15.8 Å². The van der Waals surface area contributed by atoms with E-state index in [1.54, 1.807) is 17.7 Å². The Hall–Kier alpha value is -2.23. The van der Waals surface area contributed by atoms with E-state index >= 15 is 0 Å². The Balaban J connectivity index is 2.08. The van der Waals surface area contributed by atoms with Crippen molar-refractivity contribution in [2.75, 3.05) is 29.9 Å². The first-order valence-electron chi connectivity index (χ1n) is 5.70. The fourth-order valence-electron chi connectivity index (χ4n) is 1.63. The molecule has 0 saturated carbocycles. The first-order chi connectivity index (χ1) is 8.69. The van der Waals surface area contributed by atoms with Crippen LogP contribution in [0.5, 0.6) is 0 Å². The average Bonchev–Trinajstić information content (AvgIpc) is 2.40. The summed E-state index contributed by atoms with van der Waals surface area (Å²) in [6.07, 6.45) is 0. The van der Waals surface area contributed by atoms with Gasteiger partial charge in [-0.25, -0.2) is 5.54 Å². The summed E-state index contributed by atoms with van der Waals surface area (Å²) in [6, 6.07) is 15.1. The van der Waals surface area contributed by atoms with E-state index in [4.69, 9.17) is 0 Å². The van der Waals surface area contributed by atoms with Gasteiger partial charge in [0.25, 0.3) is 0 Å². The quantitative estimate of drug-likeness (QED) is 0.802. The van der Waals surface area contributed by atoms with E-state index in [-0.39, 0.29) is 0 Å². The molecule has 0 unspecified atom stereocenters. The summed E-state index contributed by atoms with van der Waals surface area (Å²) < 4.78 is 12.1. The summed E-state index contributed by atoms with van der Waals surface area (Å²) in [6.45, 7) is 0. The molecule has 3 nitrogen and oxygen atoms in total.